The molecular weight excluding hydrogens is 632 g/mol. The Labute approximate surface area is 286 Å². The fourth-order valence-corrected chi connectivity index (χ4v) is 6.04. The van der Waals surface area contributed by atoms with Crippen LogP contribution in [-0.2, 0) is 53.2 Å². The van der Waals surface area contributed by atoms with Gasteiger partial charge in [-0.3, -0.25) is 24.0 Å². The third-order valence-electron chi connectivity index (χ3n) is 8.10. The number of nitrogens with one attached hydrogen (secondary N) is 4. The van der Waals surface area contributed by atoms with Gasteiger partial charge >= 0.3 is 0 Å². The summed E-state index contributed by atoms with van der Waals surface area (Å²) in [6, 6.07) is 21.6. The first-order chi connectivity index (χ1) is 22.8. The average Bonchev–Trinajstić information content (AvgIpc) is 3.41. The molecule has 1 aliphatic carbocycles. The number of ketones is 1. The van der Waals surface area contributed by atoms with Crippen LogP contribution in [0.2, 0.25) is 0 Å². The highest BCUT2D eigenvalue weighted by atomic mass is 32.2. The van der Waals surface area contributed by atoms with Crippen molar-refractivity contribution in [2.45, 2.75) is 57.8 Å². The largest absolute Gasteiger partial charge is 0.345 e. The van der Waals surface area contributed by atoms with E-state index in [0.29, 0.717) is 17.6 Å². The van der Waals surface area contributed by atoms with Crippen molar-refractivity contribution in [2.75, 3.05) is 12.0 Å². The average molecular weight is 681 g/mol. The number of benzene rings is 3. The second-order valence-corrected chi connectivity index (χ2v) is 14.2. The molecule has 3 atom stereocenters. The molecule has 260 valence electrons. The molecule has 11 nitrogen and oxygen atoms in total. The minimum absolute atomic E-state index is 0. The lowest BCUT2D eigenvalue weighted by Crippen LogP contribution is -2.57. The number of sulfone groups is 1. The zero-order valence-corrected chi connectivity index (χ0v) is 27.9. The van der Waals surface area contributed by atoms with Crippen molar-refractivity contribution >= 4 is 44.8 Å². The Morgan fingerprint density at radius 1 is 0.771 bits per heavy atom. The third kappa shape index (κ3) is 9.95. The summed E-state index contributed by atoms with van der Waals surface area (Å²) in [7, 11) is -3.55. The summed E-state index contributed by atoms with van der Waals surface area (Å²) in [5.41, 5.74) is 4.74. The van der Waals surface area contributed by atoms with Gasteiger partial charge in [0, 0.05) is 36.9 Å². The van der Waals surface area contributed by atoms with Crippen molar-refractivity contribution in [1.29, 1.82) is 0 Å². The Morgan fingerprint density at radius 2 is 1.35 bits per heavy atom. The van der Waals surface area contributed by atoms with Crippen molar-refractivity contribution in [3.8, 4) is 0 Å². The Hall–Kier alpha value is -5.10. The van der Waals surface area contributed by atoms with E-state index in [1.165, 1.54) is 6.92 Å². The molecule has 1 aliphatic rings. The minimum Gasteiger partial charge on any atom is -0.345 e. The maximum absolute atomic E-state index is 13.6. The zero-order valence-electron chi connectivity index (χ0n) is 27.1. The first-order valence-electron chi connectivity index (χ1n) is 15.6. The second kappa shape index (κ2) is 16.1. The smallest absolute Gasteiger partial charge is 0.289 e. The van der Waals surface area contributed by atoms with E-state index in [9.17, 15) is 32.4 Å². The molecule has 0 fully saturated rings. The van der Waals surface area contributed by atoms with E-state index in [1.807, 2.05) is 37.3 Å². The van der Waals surface area contributed by atoms with Crippen molar-refractivity contribution < 1.29 is 38.1 Å². The van der Waals surface area contributed by atoms with Crippen molar-refractivity contribution in [3.63, 3.8) is 0 Å². The van der Waals surface area contributed by atoms with Gasteiger partial charge < -0.3 is 21.3 Å². The van der Waals surface area contributed by atoms with E-state index >= 15 is 0 Å². The molecule has 0 saturated heterocycles. The van der Waals surface area contributed by atoms with Crippen LogP contribution in [0.1, 0.15) is 48.2 Å². The molecule has 0 bridgehead atoms. The molecule has 48 heavy (non-hydrogen) atoms. The maximum Gasteiger partial charge on any atom is 0.289 e. The number of amides is 4. The molecule has 0 radical (unpaired) electrons. The lowest BCUT2D eigenvalue weighted by atomic mass is 10.0. The van der Waals surface area contributed by atoms with E-state index in [2.05, 4.69) is 21.3 Å². The number of hydrogen-bond donors (Lipinski definition) is 4. The Balaban J connectivity index is 0.00000650. The first-order valence-corrected chi connectivity index (χ1v) is 17.7. The predicted molar refractivity (Wildman–Crippen MR) is 190 cm³/mol. The predicted octanol–water partition coefficient (Wildman–Crippen LogP) is 3.04. The molecule has 12 heteroatoms. The van der Waals surface area contributed by atoms with E-state index in [1.54, 1.807) is 54.6 Å². The Kier molecular flexibility index (Phi) is 12.0. The van der Waals surface area contributed by atoms with Crippen LogP contribution in [0.3, 0.4) is 0 Å². The molecule has 3 aromatic carbocycles. The van der Waals surface area contributed by atoms with Crippen LogP contribution in [-0.4, -0.2) is 68.0 Å². The summed E-state index contributed by atoms with van der Waals surface area (Å²) < 4.78 is 24.1. The van der Waals surface area contributed by atoms with Crippen LogP contribution >= 0.6 is 0 Å². The highest BCUT2D eigenvalue weighted by Gasteiger charge is 2.32. The molecule has 3 aromatic rings. The normalized spacial score (nSPS) is 14.2. The number of rotatable bonds is 15. The fourth-order valence-electron chi connectivity index (χ4n) is 5.38. The van der Waals surface area contributed by atoms with Crippen LogP contribution in [0.4, 0.5) is 0 Å². The SMILES string of the molecule is CC1=C(C(=O)N[C@@H](C)C(=O)N[C@@H](CCS(C)(=O)=O)C(=O)N[C@@H](Cc2ccccc2)C(=O)C(=O)NCc2ccccc2)Cc2ccccc21.[HH].[HH].[HH].[HH]. The maximum atomic E-state index is 13.6. The van der Waals surface area contributed by atoms with Gasteiger partial charge in [-0.1, -0.05) is 84.9 Å². The molecule has 0 heterocycles. The van der Waals surface area contributed by atoms with E-state index in [-0.39, 0.29) is 25.1 Å². The molecule has 0 aromatic heterocycles. The summed E-state index contributed by atoms with van der Waals surface area (Å²) in [5.74, 6) is -4.26. The van der Waals surface area contributed by atoms with Gasteiger partial charge in [0.2, 0.25) is 23.5 Å². The summed E-state index contributed by atoms with van der Waals surface area (Å²) >= 11 is 0. The topological polar surface area (TPSA) is 168 Å². The zero-order chi connectivity index (χ0) is 34.8. The van der Waals surface area contributed by atoms with Gasteiger partial charge in [-0.2, -0.15) is 0 Å². The van der Waals surface area contributed by atoms with E-state index in [4.69, 9.17) is 0 Å². The van der Waals surface area contributed by atoms with E-state index in [0.717, 1.165) is 28.5 Å². The standard InChI is InChI=1S/C36H40N4O7S.4H2/c1-23-28-17-11-10-16-27(28)21-29(23)34(43)38-24(2)33(42)39-30(18-19-48(3,46)47)35(44)40-31(20-25-12-6-4-7-13-25)32(41)36(45)37-22-26-14-8-5-9-15-26;;;;/h4-17,24,30-31H,18-22H2,1-3H3,(H,37,45)(H,38,43)(H,39,42)(H,40,44);4*1H/t24-,30-,31-;;;;/m0..../s1. The molecule has 0 saturated carbocycles. The van der Waals surface area contributed by atoms with Crippen LogP contribution in [0.25, 0.3) is 5.57 Å². The quantitative estimate of drug-likeness (QED) is 0.179. The Bertz CT molecular complexity index is 1830. The van der Waals surface area contributed by atoms with Gasteiger partial charge in [0.1, 0.15) is 28.0 Å². The molecule has 0 aliphatic heterocycles. The van der Waals surface area contributed by atoms with Gasteiger partial charge in [0.05, 0.1) is 5.75 Å². The highest BCUT2D eigenvalue weighted by molar-refractivity contribution is 7.90. The van der Waals surface area contributed by atoms with Crippen LogP contribution in [0.15, 0.2) is 90.5 Å². The third-order valence-corrected chi connectivity index (χ3v) is 9.08. The molecule has 4 amide bonds. The number of allylic oxidation sites excluding steroid dienone is 1. The molecule has 0 unspecified atom stereocenters. The lowest BCUT2D eigenvalue weighted by Gasteiger charge is -2.24. The Morgan fingerprint density at radius 3 is 1.98 bits per heavy atom. The summed E-state index contributed by atoms with van der Waals surface area (Å²) in [6.07, 6.45) is 1.09. The van der Waals surface area contributed by atoms with E-state index < -0.39 is 63.1 Å². The molecule has 4 rings (SSSR count). The molecule has 0 spiro atoms. The minimum atomic E-state index is -3.55. The number of carbonyl (C=O) groups is 5. The summed E-state index contributed by atoms with van der Waals surface area (Å²) in [6.45, 7) is 3.39. The van der Waals surface area contributed by atoms with Gasteiger partial charge in [-0.25, -0.2) is 8.42 Å². The van der Waals surface area contributed by atoms with Crippen molar-refractivity contribution in [1.82, 2.24) is 21.3 Å². The van der Waals surface area contributed by atoms with Crippen LogP contribution < -0.4 is 21.3 Å². The highest BCUT2D eigenvalue weighted by Crippen LogP contribution is 2.32. The van der Waals surface area contributed by atoms with Crippen LogP contribution in [0, 0.1) is 0 Å². The second-order valence-electron chi connectivity index (χ2n) is 11.9. The number of hydrogen-bond acceptors (Lipinski definition) is 7. The summed E-state index contributed by atoms with van der Waals surface area (Å²) in [5, 5.41) is 10.4. The summed E-state index contributed by atoms with van der Waals surface area (Å²) in [4.78, 5) is 66.3. The lowest BCUT2D eigenvalue weighted by molar-refractivity contribution is -0.140. The number of carbonyl (C=O) groups excluding carboxylic acids is 5. The first kappa shape index (κ1) is 35.7. The molecular formula is C36H48N4O7S. The molecule has 4 N–H and O–H groups in total. The number of fused-ring (bicyclic) bond motifs is 1. The van der Waals surface area contributed by atoms with Gasteiger partial charge in [0.25, 0.3) is 5.91 Å². The van der Waals surface area contributed by atoms with Gasteiger partial charge in [-0.05, 0) is 48.1 Å². The van der Waals surface area contributed by atoms with Crippen molar-refractivity contribution in [2.24, 2.45) is 0 Å². The van der Waals surface area contributed by atoms with Gasteiger partial charge in [0.15, 0.2) is 0 Å². The van der Waals surface area contributed by atoms with Gasteiger partial charge in [-0.15, -0.1) is 0 Å². The monoisotopic (exact) mass is 680 g/mol. The number of Topliss-reactive ketones (excluding diaryl/α,β-unsaturated/α-hetero) is 1. The van der Waals surface area contributed by atoms with Crippen LogP contribution in [0.5, 0.6) is 0 Å². The van der Waals surface area contributed by atoms with Crippen molar-refractivity contribution in [3.05, 3.63) is 113 Å². The fraction of sp³-hybridized carbons (Fsp3) is 0.306.